The van der Waals surface area contributed by atoms with E-state index >= 15 is 0 Å². The third-order valence-corrected chi connectivity index (χ3v) is 8.69. The monoisotopic (exact) mass is 496 g/mol. The van der Waals surface area contributed by atoms with Crippen LogP contribution in [0.2, 0.25) is 0 Å². The molecule has 170 valence electrons. The molecule has 0 atom stereocenters. The number of hydrogen-bond donors (Lipinski definition) is 0. The molecular weight excluding hydrogens is 476 g/mol. The molecule has 1 aliphatic carbocycles. The van der Waals surface area contributed by atoms with Gasteiger partial charge < -0.3 is 0 Å². The molecule has 36 heavy (non-hydrogen) atoms. The van der Waals surface area contributed by atoms with Crippen LogP contribution in [-0.4, -0.2) is 5.78 Å². The maximum absolute atomic E-state index is 14.0. The number of carbonyl (C=O) groups is 1. The minimum atomic E-state index is 0.104. The van der Waals surface area contributed by atoms with Crippen molar-refractivity contribution in [2.75, 3.05) is 0 Å². The van der Waals surface area contributed by atoms with Crippen molar-refractivity contribution in [1.82, 2.24) is 0 Å². The van der Waals surface area contributed by atoms with Crippen molar-refractivity contribution in [1.29, 1.82) is 0 Å². The van der Waals surface area contributed by atoms with Gasteiger partial charge in [-0.05, 0) is 61.8 Å². The topological polar surface area (TPSA) is 17.1 Å². The summed E-state index contributed by atoms with van der Waals surface area (Å²) in [7, 11) is 0. The average molecular weight is 497 g/mol. The minimum absolute atomic E-state index is 0.104. The lowest BCUT2D eigenvalue weighted by Gasteiger charge is -2.17. The number of fused-ring (bicyclic) bond motifs is 3. The van der Waals surface area contributed by atoms with E-state index in [4.69, 9.17) is 0 Å². The molecule has 0 amide bonds. The van der Waals surface area contributed by atoms with Crippen LogP contribution in [0.3, 0.4) is 0 Å². The summed E-state index contributed by atoms with van der Waals surface area (Å²) in [4.78, 5) is 16.4. The van der Waals surface area contributed by atoms with Crippen LogP contribution in [0.25, 0.3) is 54.3 Å². The van der Waals surface area contributed by atoms with Crippen molar-refractivity contribution >= 4 is 28.5 Å². The highest BCUT2D eigenvalue weighted by Crippen LogP contribution is 2.50. The van der Waals surface area contributed by atoms with Crippen LogP contribution in [0, 0.1) is 0 Å². The molecule has 2 heterocycles. The molecule has 4 aromatic carbocycles. The molecule has 0 N–H and O–H groups in total. The van der Waals surface area contributed by atoms with E-state index in [0.717, 1.165) is 50.1 Å². The maximum Gasteiger partial charge on any atom is 0.194 e. The second kappa shape index (κ2) is 8.56. The van der Waals surface area contributed by atoms with Gasteiger partial charge in [0.15, 0.2) is 5.78 Å². The molecule has 0 saturated carbocycles. The van der Waals surface area contributed by atoms with Gasteiger partial charge in [-0.3, -0.25) is 4.79 Å². The summed E-state index contributed by atoms with van der Waals surface area (Å²) in [6.45, 7) is 0. The van der Waals surface area contributed by atoms with Crippen molar-refractivity contribution in [2.45, 2.75) is 0 Å². The summed E-state index contributed by atoms with van der Waals surface area (Å²) in [5, 5.41) is 4.21. The SMILES string of the molecule is O=C1c2ccccc2-c2c(-c3ccccc3-c3cccs3)ccc(-c3ccccc3-c3cccs3)c21. The van der Waals surface area contributed by atoms with Gasteiger partial charge in [0, 0.05) is 26.4 Å². The first-order chi connectivity index (χ1) is 17.8. The first kappa shape index (κ1) is 21.3. The van der Waals surface area contributed by atoms with Crippen molar-refractivity contribution in [2.24, 2.45) is 0 Å². The van der Waals surface area contributed by atoms with E-state index in [1.807, 2.05) is 18.2 Å². The van der Waals surface area contributed by atoms with E-state index in [9.17, 15) is 4.79 Å². The fraction of sp³-hybridized carbons (Fsp3) is 0. The Bertz CT molecular complexity index is 1740. The quantitative estimate of drug-likeness (QED) is 0.237. The number of benzene rings is 4. The summed E-state index contributed by atoms with van der Waals surface area (Å²) >= 11 is 3.46. The molecule has 2 aromatic heterocycles. The van der Waals surface area contributed by atoms with Gasteiger partial charge in [0.1, 0.15) is 0 Å². The van der Waals surface area contributed by atoms with Crippen LogP contribution >= 0.6 is 22.7 Å². The molecule has 3 heteroatoms. The number of hydrogen-bond acceptors (Lipinski definition) is 3. The molecule has 1 aliphatic rings. The Hall–Kier alpha value is -4.05. The molecule has 0 fully saturated rings. The Morgan fingerprint density at radius 3 is 1.31 bits per heavy atom. The lowest BCUT2D eigenvalue weighted by molar-refractivity contribution is 0.104. The zero-order chi connectivity index (χ0) is 24.1. The van der Waals surface area contributed by atoms with Gasteiger partial charge in [-0.1, -0.05) is 97.1 Å². The van der Waals surface area contributed by atoms with Gasteiger partial charge in [0.2, 0.25) is 0 Å². The standard InChI is InChI=1S/C33H20OS2/c34-33-28-14-6-5-13-25(28)31-26(21-9-1-3-11-23(21)29-15-7-19-35-29)17-18-27(32(31)33)22-10-2-4-12-24(22)30-16-8-20-36-30/h1-20H. The number of thiophene rings is 2. The highest BCUT2D eigenvalue weighted by Gasteiger charge is 2.33. The van der Waals surface area contributed by atoms with Gasteiger partial charge >= 0.3 is 0 Å². The van der Waals surface area contributed by atoms with E-state index < -0.39 is 0 Å². The Labute approximate surface area is 218 Å². The third-order valence-electron chi connectivity index (χ3n) is 6.88. The minimum Gasteiger partial charge on any atom is -0.289 e. The highest BCUT2D eigenvalue weighted by molar-refractivity contribution is 7.13. The summed E-state index contributed by atoms with van der Waals surface area (Å²) in [6.07, 6.45) is 0. The molecule has 7 rings (SSSR count). The van der Waals surface area contributed by atoms with Gasteiger partial charge in [-0.15, -0.1) is 22.7 Å². The lowest BCUT2D eigenvalue weighted by Crippen LogP contribution is -2.00. The fourth-order valence-electron chi connectivity index (χ4n) is 5.33. The molecule has 0 aliphatic heterocycles. The molecule has 1 nitrogen and oxygen atoms in total. The van der Waals surface area contributed by atoms with Gasteiger partial charge in [-0.2, -0.15) is 0 Å². The van der Waals surface area contributed by atoms with Crippen LogP contribution in [0.15, 0.2) is 120 Å². The molecule has 0 unspecified atom stereocenters. The molecule has 0 radical (unpaired) electrons. The van der Waals surface area contributed by atoms with E-state index in [-0.39, 0.29) is 5.78 Å². The average Bonchev–Trinajstić information content (AvgIpc) is 3.71. The third kappa shape index (κ3) is 3.25. The first-order valence-corrected chi connectivity index (χ1v) is 13.6. The molecule has 0 saturated heterocycles. The van der Waals surface area contributed by atoms with Crippen LogP contribution < -0.4 is 0 Å². The fourth-order valence-corrected chi connectivity index (χ4v) is 6.86. The summed E-state index contributed by atoms with van der Waals surface area (Å²) in [5.74, 6) is 0.104. The van der Waals surface area contributed by atoms with Crippen molar-refractivity contribution in [3.05, 3.63) is 131 Å². The van der Waals surface area contributed by atoms with E-state index in [1.54, 1.807) is 22.7 Å². The lowest BCUT2D eigenvalue weighted by atomic mass is 9.86. The Morgan fingerprint density at radius 2 is 0.806 bits per heavy atom. The van der Waals surface area contributed by atoms with Crippen LogP contribution in [0.1, 0.15) is 15.9 Å². The predicted octanol–water partition coefficient (Wildman–Crippen LogP) is 9.69. The van der Waals surface area contributed by atoms with Crippen molar-refractivity contribution < 1.29 is 4.79 Å². The molecule has 0 bridgehead atoms. The first-order valence-electron chi connectivity index (χ1n) is 11.9. The Kier molecular flexibility index (Phi) is 5.05. The van der Waals surface area contributed by atoms with E-state index in [1.165, 1.54) is 15.3 Å². The van der Waals surface area contributed by atoms with Crippen molar-refractivity contribution in [3.63, 3.8) is 0 Å². The van der Waals surface area contributed by atoms with E-state index in [2.05, 4.69) is 102 Å². The predicted molar refractivity (Wildman–Crippen MR) is 153 cm³/mol. The second-order valence-electron chi connectivity index (χ2n) is 8.83. The zero-order valence-electron chi connectivity index (χ0n) is 19.3. The van der Waals surface area contributed by atoms with Crippen LogP contribution in [0.4, 0.5) is 0 Å². The van der Waals surface area contributed by atoms with Crippen LogP contribution in [0.5, 0.6) is 0 Å². The molecular formula is C33H20OS2. The van der Waals surface area contributed by atoms with Crippen LogP contribution in [-0.2, 0) is 0 Å². The van der Waals surface area contributed by atoms with Crippen molar-refractivity contribution in [3.8, 4) is 54.3 Å². The highest BCUT2D eigenvalue weighted by atomic mass is 32.1. The number of rotatable bonds is 4. The molecule has 6 aromatic rings. The smallest absolute Gasteiger partial charge is 0.194 e. The normalized spacial score (nSPS) is 11.9. The number of ketones is 1. The summed E-state index contributed by atoms with van der Waals surface area (Å²) in [5.41, 5.74) is 10.3. The second-order valence-corrected chi connectivity index (χ2v) is 10.7. The number of carbonyl (C=O) groups excluding carboxylic acids is 1. The Morgan fingerprint density at radius 1 is 0.361 bits per heavy atom. The Balaban J connectivity index is 1.54. The van der Waals surface area contributed by atoms with E-state index in [0.29, 0.717) is 0 Å². The van der Waals surface area contributed by atoms with Gasteiger partial charge in [0.25, 0.3) is 0 Å². The maximum atomic E-state index is 14.0. The largest absolute Gasteiger partial charge is 0.289 e. The molecule has 0 spiro atoms. The summed E-state index contributed by atoms with van der Waals surface area (Å²) < 4.78 is 0. The van der Waals surface area contributed by atoms with Gasteiger partial charge in [0.05, 0.1) is 0 Å². The summed E-state index contributed by atoms with van der Waals surface area (Å²) in [6, 6.07) is 37.8. The zero-order valence-corrected chi connectivity index (χ0v) is 20.9. The van der Waals surface area contributed by atoms with Gasteiger partial charge in [-0.25, -0.2) is 0 Å².